The predicted octanol–water partition coefficient (Wildman–Crippen LogP) is 2.56. The summed E-state index contributed by atoms with van der Waals surface area (Å²) >= 11 is 1.98. The fourth-order valence-electron chi connectivity index (χ4n) is 2.33. The molecule has 2 N–H and O–H groups in total. The van der Waals surface area contributed by atoms with Crippen molar-refractivity contribution in [3.63, 3.8) is 0 Å². The molecule has 1 heterocycles. The molecule has 3 heteroatoms. The molecule has 1 aliphatic heterocycles. The molecule has 0 saturated carbocycles. The normalized spacial score (nSPS) is 19.8. The van der Waals surface area contributed by atoms with E-state index in [0.29, 0.717) is 6.04 Å². The van der Waals surface area contributed by atoms with Gasteiger partial charge in [-0.2, -0.15) is 0 Å². The average molecular weight is 236 g/mol. The molecule has 1 atom stereocenters. The second-order valence-corrected chi connectivity index (χ2v) is 5.56. The summed E-state index contributed by atoms with van der Waals surface area (Å²) in [6.07, 6.45) is 1.08. The van der Waals surface area contributed by atoms with Gasteiger partial charge in [0.2, 0.25) is 0 Å². The molecule has 0 aliphatic carbocycles. The van der Waals surface area contributed by atoms with Gasteiger partial charge in [-0.15, -0.1) is 11.8 Å². The van der Waals surface area contributed by atoms with E-state index in [2.05, 4.69) is 37.9 Å². The first-order valence-electron chi connectivity index (χ1n) is 5.81. The Morgan fingerprint density at radius 2 is 2.06 bits per heavy atom. The lowest BCUT2D eigenvalue weighted by molar-refractivity contribution is 0.631. The van der Waals surface area contributed by atoms with Gasteiger partial charge in [0.05, 0.1) is 5.69 Å². The highest BCUT2D eigenvalue weighted by Gasteiger charge is 2.25. The predicted molar refractivity (Wildman–Crippen MR) is 72.5 cm³/mol. The third kappa shape index (κ3) is 1.94. The van der Waals surface area contributed by atoms with Crippen LogP contribution in [0.15, 0.2) is 17.0 Å². The fourth-order valence-corrected chi connectivity index (χ4v) is 3.82. The summed E-state index contributed by atoms with van der Waals surface area (Å²) in [4.78, 5) is 3.87. The lowest BCUT2D eigenvalue weighted by Gasteiger charge is -2.37. The highest BCUT2D eigenvalue weighted by Crippen LogP contribution is 2.41. The number of aryl methyl sites for hydroxylation is 2. The van der Waals surface area contributed by atoms with Gasteiger partial charge in [0.15, 0.2) is 0 Å². The SMILES string of the molecule is Cc1ccc(C)c2c1SCC(CCN)N2C. The van der Waals surface area contributed by atoms with Crippen molar-refractivity contribution in [3.8, 4) is 0 Å². The Hall–Kier alpha value is -0.670. The first-order valence-corrected chi connectivity index (χ1v) is 6.79. The summed E-state index contributed by atoms with van der Waals surface area (Å²) < 4.78 is 0. The number of benzene rings is 1. The van der Waals surface area contributed by atoms with Gasteiger partial charge in [-0.3, -0.25) is 0 Å². The molecule has 1 aromatic rings. The van der Waals surface area contributed by atoms with E-state index in [1.54, 1.807) is 0 Å². The van der Waals surface area contributed by atoms with Gasteiger partial charge in [0, 0.05) is 23.7 Å². The zero-order valence-corrected chi connectivity index (χ0v) is 11.1. The Balaban J connectivity index is 2.40. The standard InChI is InChI=1S/C13H20N2S/c1-9-4-5-10(2)13-12(9)15(3)11(6-7-14)8-16-13/h4-5,11H,6-8,14H2,1-3H3. The van der Waals surface area contributed by atoms with Crippen LogP contribution in [0.4, 0.5) is 5.69 Å². The van der Waals surface area contributed by atoms with Crippen molar-refractivity contribution in [3.05, 3.63) is 23.3 Å². The van der Waals surface area contributed by atoms with Gasteiger partial charge in [-0.1, -0.05) is 12.1 Å². The molecule has 1 aromatic carbocycles. The quantitative estimate of drug-likeness (QED) is 0.855. The third-order valence-electron chi connectivity index (χ3n) is 3.35. The van der Waals surface area contributed by atoms with Crippen molar-refractivity contribution in [2.24, 2.45) is 5.73 Å². The Morgan fingerprint density at radius 3 is 2.75 bits per heavy atom. The second-order valence-electron chi connectivity index (χ2n) is 4.53. The number of rotatable bonds is 2. The highest BCUT2D eigenvalue weighted by molar-refractivity contribution is 7.99. The summed E-state index contributed by atoms with van der Waals surface area (Å²) in [6, 6.07) is 5.02. The Kier molecular flexibility index (Phi) is 3.45. The molecule has 0 aromatic heterocycles. The molecular formula is C13H20N2S. The van der Waals surface area contributed by atoms with Crippen molar-refractivity contribution in [1.29, 1.82) is 0 Å². The maximum atomic E-state index is 5.67. The molecule has 0 spiro atoms. The van der Waals surface area contributed by atoms with Crippen LogP contribution in [0.1, 0.15) is 17.5 Å². The second kappa shape index (κ2) is 4.68. The van der Waals surface area contributed by atoms with Crippen molar-refractivity contribution >= 4 is 17.4 Å². The van der Waals surface area contributed by atoms with Crippen LogP contribution in [0.3, 0.4) is 0 Å². The van der Waals surface area contributed by atoms with Crippen LogP contribution in [-0.4, -0.2) is 25.4 Å². The number of fused-ring (bicyclic) bond motifs is 1. The third-order valence-corrected chi connectivity index (χ3v) is 4.71. The van der Waals surface area contributed by atoms with Crippen LogP contribution in [0.5, 0.6) is 0 Å². The molecule has 88 valence electrons. The molecule has 0 bridgehead atoms. The Morgan fingerprint density at radius 1 is 1.38 bits per heavy atom. The van der Waals surface area contributed by atoms with E-state index in [1.807, 2.05) is 11.8 Å². The van der Waals surface area contributed by atoms with Crippen LogP contribution in [-0.2, 0) is 0 Å². The molecule has 0 saturated heterocycles. The number of hydrogen-bond donors (Lipinski definition) is 1. The minimum atomic E-state index is 0.586. The summed E-state index contributed by atoms with van der Waals surface area (Å²) in [5, 5.41) is 0. The van der Waals surface area contributed by atoms with Gasteiger partial charge >= 0.3 is 0 Å². The zero-order chi connectivity index (χ0) is 11.7. The molecule has 16 heavy (non-hydrogen) atoms. The number of nitrogens with zero attached hydrogens (tertiary/aromatic N) is 1. The van der Waals surface area contributed by atoms with E-state index < -0.39 is 0 Å². The van der Waals surface area contributed by atoms with Crippen molar-refractivity contribution < 1.29 is 0 Å². The molecule has 2 nitrogen and oxygen atoms in total. The van der Waals surface area contributed by atoms with Crippen LogP contribution in [0.2, 0.25) is 0 Å². The van der Waals surface area contributed by atoms with Crippen LogP contribution < -0.4 is 10.6 Å². The largest absolute Gasteiger partial charge is 0.370 e. The molecule has 2 rings (SSSR count). The van der Waals surface area contributed by atoms with Gasteiger partial charge in [0.1, 0.15) is 0 Å². The molecule has 0 radical (unpaired) electrons. The highest BCUT2D eigenvalue weighted by atomic mass is 32.2. The summed E-state index contributed by atoms with van der Waals surface area (Å²) in [5.41, 5.74) is 9.85. The minimum absolute atomic E-state index is 0.586. The summed E-state index contributed by atoms with van der Waals surface area (Å²) in [5.74, 6) is 1.16. The van der Waals surface area contributed by atoms with E-state index in [4.69, 9.17) is 5.73 Å². The number of anilines is 1. The lowest BCUT2D eigenvalue weighted by atomic mass is 10.1. The topological polar surface area (TPSA) is 29.3 Å². The summed E-state index contributed by atoms with van der Waals surface area (Å²) in [7, 11) is 2.20. The Bertz CT molecular complexity index is 390. The molecule has 1 aliphatic rings. The summed E-state index contributed by atoms with van der Waals surface area (Å²) in [6.45, 7) is 5.16. The van der Waals surface area contributed by atoms with E-state index in [1.165, 1.54) is 21.7 Å². The average Bonchev–Trinajstić information content (AvgIpc) is 2.27. The number of thioether (sulfide) groups is 1. The van der Waals surface area contributed by atoms with E-state index in [9.17, 15) is 0 Å². The van der Waals surface area contributed by atoms with Gasteiger partial charge in [-0.25, -0.2) is 0 Å². The van der Waals surface area contributed by atoms with Crippen molar-refractivity contribution in [1.82, 2.24) is 0 Å². The lowest BCUT2D eigenvalue weighted by Crippen LogP contribution is -2.38. The van der Waals surface area contributed by atoms with Crippen LogP contribution in [0, 0.1) is 13.8 Å². The Labute approximate surface area is 102 Å². The molecule has 0 fully saturated rings. The maximum Gasteiger partial charge on any atom is 0.0537 e. The van der Waals surface area contributed by atoms with Crippen molar-refractivity contribution in [2.45, 2.75) is 31.2 Å². The molecule has 1 unspecified atom stereocenters. The van der Waals surface area contributed by atoms with Crippen LogP contribution in [0.25, 0.3) is 0 Å². The van der Waals surface area contributed by atoms with Gasteiger partial charge in [-0.05, 0) is 37.9 Å². The maximum absolute atomic E-state index is 5.67. The number of nitrogens with two attached hydrogens (primary N) is 1. The van der Waals surface area contributed by atoms with E-state index in [-0.39, 0.29) is 0 Å². The van der Waals surface area contributed by atoms with Gasteiger partial charge in [0.25, 0.3) is 0 Å². The fraction of sp³-hybridized carbons (Fsp3) is 0.538. The zero-order valence-electron chi connectivity index (χ0n) is 10.3. The smallest absolute Gasteiger partial charge is 0.0537 e. The van der Waals surface area contributed by atoms with Crippen molar-refractivity contribution in [2.75, 3.05) is 24.2 Å². The van der Waals surface area contributed by atoms with Crippen LogP contribution >= 0.6 is 11.8 Å². The van der Waals surface area contributed by atoms with E-state index >= 15 is 0 Å². The van der Waals surface area contributed by atoms with Gasteiger partial charge < -0.3 is 10.6 Å². The molecule has 0 amide bonds. The minimum Gasteiger partial charge on any atom is -0.370 e. The monoisotopic (exact) mass is 236 g/mol. The molecular weight excluding hydrogens is 216 g/mol. The van der Waals surface area contributed by atoms with E-state index in [0.717, 1.165) is 18.7 Å². The number of hydrogen-bond acceptors (Lipinski definition) is 3. The first-order chi connectivity index (χ1) is 7.65. The first kappa shape index (κ1) is 11.8.